The summed E-state index contributed by atoms with van der Waals surface area (Å²) in [5, 5.41) is 7.16. The summed E-state index contributed by atoms with van der Waals surface area (Å²) in [4.78, 5) is 12.4. The van der Waals surface area contributed by atoms with E-state index in [1.807, 2.05) is 12.1 Å². The Hall–Kier alpha value is -1.17. The maximum absolute atomic E-state index is 12.4. The summed E-state index contributed by atoms with van der Waals surface area (Å²) < 4.78 is 11.1. The molecule has 1 aliphatic carbocycles. The molecule has 2 N–H and O–H groups in total. The van der Waals surface area contributed by atoms with E-state index >= 15 is 0 Å². The van der Waals surface area contributed by atoms with E-state index in [0.717, 1.165) is 18.4 Å². The number of fused-ring (bicyclic) bond motifs is 2. The zero-order valence-electron chi connectivity index (χ0n) is 14.8. The fraction of sp³-hybridized carbons (Fsp3) is 0.632. The second-order valence-corrected chi connectivity index (χ2v) is 7.66. The first-order valence-electron chi connectivity index (χ1n) is 9.32. The van der Waals surface area contributed by atoms with Crippen LogP contribution in [-0.2, 0) is 11.2 Å². The molecule has 1 amide bonds. The van der Waals surface area contributed by atoms with Gasteiger partial charge < -0.3 is 20.1 Å². The monoisotopic (exact) mass is 400 g/mol. The molecular weight excluding hydrogens is 375 g/mol. The maximum Gasteiger partial charge on any atom is 0.237 e. The average Bonchev–Trinajstić information content (AvgIpc) is 3.06. The van der Waals surface area contributed by atoms with Gasteiger partial charge in [-0.3, -0.25) is 4.79 Å². The zero-order chi connectivity index (χ0) is 17.2. The van der Waals surface area contributed by atoms with Gasteiger partial charge in [-0.1, -0.05) is 24.4 Å². The minimum absolute atomic E-state index is 0. The van der Waals surface area contributed by atoms with Gasteiger partial charge in [-0.2, -0.15) is 0 Å². The molecule has 3 aliphatic rings. The van der Waals surface area contributed by atoms with E-state index in [4.69, 9.17) is 21.1 Å². The van der Waals surface area contributed by atoms with E-state index in [9.17, 15) is 4.79 Å². The number of rotatable bonds is 4. The van der Waals surface area contributed by atoms with Crippen molar-refractivity contribution in [2.75, 3.05) is 19.8 Å². The SMILES string of the molecule is Cl.O=C(NCCc1cc(Cl)c2c(c1)OCCO2)C1CC2CCCCC2N1. The molecule has 1 aromatic carbocycles. The molecule has 5 nitrogen and oxygen atoms in total. The van der Waals surface area contributed by atoms with Crippen LogP contribution in [0.3, 0.4) is 0 Å². The minimum Gasteiger partial charge on any atom is -0.486 e. The highest BCUT2D eigenvalue weighted by molar-refractivity contribution is 6.32. The number of carbonyl (C=O) groups is 1. The molecule has 2 heterocycles. The van der Waals surface area contributed by atoms with Crippen molar-refractivity contribution in [3.05, 3.63) is 22.7 Å². The zero-order valence-corrected chi connectivity index (χ0v) is 16.3. The Morgan fingerprint density at radius 2 is 2.04 bits per heavy atom. The molecule has 0 aromatic heterocycles. The Morgan fingerprint density at radius 3 is 2.88 bits per heavy atom. The number of ether oxygens (including phenoxy) is 2. The Balaban J connectivity index is 0.00000196. The predicted octanol–water partition coefficient (Wildman–Crippen LogP) is 3.11. The fourth-order valence-corrected chi connectivity index (χ4v) is 4.57. The van der Waals surface area contributed by atoms with Gasteiger partial charge in [0.05, 0.1) is 11.1 Å². The highest BCUT2D eigenvalue weighted by atomic mass is 35.5. The summed E-state index contributed by atoms with van der Waals surface area (Å²) in [5.41, 5.74) is 1.04. The highest BCUT2D eigenvalue weighted by Gasteiger charge is 2.37. The molecule has 3 unspecified atom stereocenters. The summed E-state index contributed by atoms with van der Waals surface area (Å²) in [6, 6.07) is 4.36. The smallest absolute Gasteiger partial charge is 0.237 e. The lowest BCUT2D eigenvalue weighted by Gasteiger charge is -2.24. The Bertz CT molecular complexity index is 642. The molecule has 0 bridgehead atoms. The molecule has 2 fully saturated rings. The minimum atomic E-state index is -0.0306. The van der Waals surface area contributed by atoms with Crippen LogP contribution < -0.4 is 20.1 Å². The van der Waals surface area contributed by atoms with Crippen LogP contribution in [0.15, 0.2) is 12.1 Å². The van der Waals surface area contributed by atoms with Crippen molar-refractivity contribution in [3.8, 4) is 11.5 Å². The first-order valence-corrected chi connectivity index (χ1v) is 9.70. The van der Waals surface area contributed by atoms with Crippen LogP contribution in [0.4, 0.5) is 0 Å². The third kappa shape index (κ3) is 4.21. The summed E-state index contributed by atoms with van der Waals surface area (Å²) >= 11 is 6.26. The van der Waals surface area contributed by atoms with Gasteiger partial charge in [0.15, 0.2) is 11.5 Å². The number of hydrogen-bond donors (Lipinski definition) is 2. The van der Waals surface area contributed by atoms with Gasteiger partial charge in [0.1, 0.15) is 13.2 Å². The van der Waals surface area contributed by atoms with Crippen LogP contribution in [0, 0.1) is 5.92 Å². The van der Waals surface area contributed by atoms with E-state index in [2.05, 4.69) is 10.6 Å². The van der Waals surface area contributed by atoms with E-state index < -0.39 is 0 Å². The predicted molar refractivity (Wildman–Crippen MR) is 104 cm³/mol. The lowest BCUT2D eigenvalue weighted by molar-refractivity contribution is -0.122. The number of nitrogens with one attached hydrogen (secondary N) is 2. The van der Waals surface area contributed by atoms with Gasteiger partial charge in [0, 0.05) is 12.6 Å². The number of halogens is 2. The second kappa shape index (κ2) is 8.68. The maximum atomic E-state index is 12.4. The van der Waals surface area contributed by atoms with Crippen molar-refractivity contribution in [3.63, 3.8) is 0 Å². The number of benzene rings is 1. The molecule has 0 radical (unpaired) electrons. The summed E-state index contributed by atoms with van der Waals surface area (Å²) in [7, 11) is 0. The normalized spacial score (nSPS) is 26.6. The van der Waals surface area contributed by atoms with Crippen LogP contribution in [-0.4, -0.2) is 37.7 Å². The molecule has 26 heavy (non-hydrogen) atoms. The van der Waals surface area contributed by atoms with E-state index in [1.165, 1.54) is 25.7 Å². The summed E-state index contributed by atoms with van der Waals surface area (Å²) in [5.74, 6) is 2.12. The molecule has 1 saturated heterocycles. The first kappa shape index (κ1) is 19.6. The van der Waals surface area contributed by atoms with Crippen LogP contribution in [0.5, 0.6) is 11.5 Å². The Labute approximate surface area is 165 Å². The molecule has 144 valence electrons. The molecule has 1 aromatic rings. The van der Waals surface area contributed by atoms with E-state index in [0.29, 0.717) is 48.2 Å². The van der Waals surface area contributed by atoms with Gasteiger partial charge in [-0.25, -0.2) is 0 Å². The molecule has 3 atom stereocenters. The van der Waals surface area contributed by atoms with Gasteiger partial charge in [-0.15, -0.1) is 12.4 Å². The molecule has 1 saturated carbocycles. The second-order valence-electron chi connectivity index (χ2n) is 7.25. The van der Waals surface area contributed by atoms with Crippen molar-refractivity contribution < 1.29 is 14.3 Å². The van der Waals surface area contributed by atoms with Gasteiger partial charge in [0.2, 0.25) is 5.91 Å². The number of hydrogen-bond acceptors (Lipinski definition) is 4. The van der Waals surface area contributed by atoms with Crippen molar-refractivity contribution in [1.82, 2.24) is 10.6 Å². The molecular formula is C19H26Cl2N2O3. The first-order chi connectivity index (χ1) is 12.2. The number of amides is 1. The van der Waals surface area contributed by atoms with E-state index in [1.54, 1.807) is 0 Å². The fourth-order valence-electron chi connectivity index (χ4n) is 4.28. The van der Waals surface area contributed by atoms with Crippen LogP contribution in [0.2, 0.25) is 5.02 Å². The summed E-state index contributed by atoms with van der Waals surface area (Å²) in [6.07, 6.45) is 6.77. The van der Waals surface area contributed by atoms with E-state index in [-0.39, 0.29) is 24.4 Å². The Kier molecular flexibility index (Phi) is 6.54. The van der Waals surface area contributed by atoms with Crippen LogP contribution >= 0.6 is 24.0 Å². The standard InChI is InChI=1S/C19H25ClN2O3.ClH/c20-14-9-12(10-17-18(14)25-8-7-24-17)5-6-21-19(23)16-11-13-3-1-2-4-15(13)22-16;/h9-10,13,15-16,22H,1-8,11H2,(H,21,23);1H. The van der Waals surface area contributed by atoms with Crippen LogP contribution in [0.1, 0.15) is 37.7 Å². The third-order valence-corrected chi connectivity index (χ3v) is 5.83. The number of carbonyl (C=O) groups excluding carboxylic acids is 1. The van der Waals surface area contributed by atoms with Gasteiger partial charge >= 0.3 is 0 Å². The quantitative estimate of drug-likeness (QED) is 0.814. The van der Waals surface area contributed by atoms with Gasteiger partial charge in [-0.05, 0) is 49.3 Å². The van der Waals surface area contributed by atoms with Crippen molar-refractivity contribution in [2.24, 2.45) is 5.92 Å². The van der Waals surface area contributed by atoms with Crippen molar-refractivity contribution in [2.45, 2.75) is 50.6 Å². The lowest BCUT2D eigenvalue weighted by Crippen LogP contribution is -2.43. The molecule has 7 heteroatoms. The molecule has 2 aliphatic heterocycles. The highest BCUT2D eigenvalue weighted by Crippen LogP contribution is 2.38. The molecule has 4 rings (SSSR count). The van der Waals surface area contributed by atoms with Gasteiger partial charge in [0.25, 0.3) is 0 Å². The summed E-state index contributed by atoms with van der Waals surface area (Å²) in [6.45, 7) is 1.67. The lowest BCUT2D eigenvalue weighted by atomic mass is 9.85. The molecule has 0 spiro atoms. The Morgan fingerprint density at radius 1 is 1.23 bits per heavy atom. The van der Waals surface area contributed by atoms with Crippen LogP contribution in [0.25, 0.3) is 0 Å². The van der Waals surface area contributed by atoms with Crippen molar-refractivity contribution in [1.29, 1.82) is 0 Å². The third-order valence-electron chi connectivity index (χ3n) is 5.55. The van der Waals surface area contributed by atoms with Crippen molar-refractivity contribution >= 4 is 29.9 Å². The largest absolute Gasteiger partial charge is 0.486 e. The average molecular weight is 401 g/mol. The topological polar surface area (TPSA) is 59.6 Å².